The number of carbonyl (C=O) groups is 1. The standard InChI is InChI=1S/C21H27N3O5S2/c22-30(26,27)19-9-6-18(7-10-19)16-23-21(25)13-8-17-4-11-20(12-5-17)31(28,29)24-14-2-1-3-15-24/h4-7,9-12H,1-3,8,13-16H2,(H,23,25)(H2,22,26,27). The summed E-state index contributed by atoms with van der Waals surface area (Å²) >= 11 is 0. The first kappa shape index (κ1) is 23.4. The molecular formula is C21H27N3O5S2. The Bertz CT molecular complexity index is 1110. The summed E-state index contributed by atoms with van der Waals surface area (Å²) in [6.45, 7) is 1.40. The number of hydrogen-bond donors (Lipinski definition) is 2. The summed E-state index contributed by atoms with van der Waals surface area (Å²) in [6.07, 6.45) is 3.59. The molecular weight excluding hydrogens is 438 g/mol. The number of benzene rings is 2. The van der Waals surface area contributed by atoms with Gasteiger partial charge in [0, 0.05) is 26.1 Å². The lowest BCUT2D eigenvalue weighted by Gasteiger charge is -2.25. The maximum absolute atomic E-state index is 12.7. The van der Waals surface area contributed by atoms with Gasteiger partial charge in [-0.15, -0.1) is 0 Å². The molecule has 3 rings (SSSR count). The molecule has 1 heterocycles. The van der Waals surface area contributed by atoms with Crippen LogP contribution in [0.25, 0.3) is 0 Å². The second-order valence-corrected chi connectivity index (χ2v) is 11.1. The van der Waals surface area contributed by atoms with Crippen LogP contribution in [0.5, 0.6) is 0 Å². The first-order valence-electron chi connectivity index (χ1n) is 10.1. The summed E-state index contributed by atoms with van der Waals surface area (Å²) in [4.78, 5) is 12.4. The van der Waals surface area contributed by atoms with Crippen molar-refractivity contribution in [1.29, 1.82) is 0 Å². The molecule has 0 saturated carbocycles. The van der Waals surface area contributed by atoms with Gasteiger partial charge in [-0.1, -0.05) is 30.7 Å². The van der Waals surface area contributed by atoms with Crippen LogP contribution in [-0.4, -0.2) is 40.1 Å². The number of hydrogen-bond acceptors (Lipinski definition) is 5. The van der Waals surface area contributed by atoms with Crippen LogP contribution in [0.3, 0.4) is 0 Å². The Hall–Kier alpha value is -2.27. The van der Waals surface area contributed by atoms with Gasteiger partial charge in [0.25, 0.3) is 0 Å². The lowest BCUT2D eigenvalue weighted by Crippen LogP contribution is -2.35. The van der Waals surface area contributed by atoms with E-state index in [0.29, 0.717) is 19.5 Å². The molecule has 31 heavy (non-hydrogen) atoms. The van der Waals surface area contributed by atoms with E-state index in [1.165, 1.54) is 16.4 Å². The van der Waals surface area contributed by atoms with E-state index in [1.807, 2.05) is 0 Å². The van der Waals surface area contributed by atoms with Gasteiger partial charge in [0.05, 0.1) is 9.79 Å². The Morgan fingerprint density at radius 1 is 0.839 bits per heavy atom. The van der Waals surface area contributed by atoms with E-state index >= 15 is 0 Å². The molecule has 1 aliphatic heterocycles. The number of nitrogens with zero attached hydrogens (tertiary/aromatic N) is 1. The van der Waals surface area contributed by atoms with Gasteiger partial charge in [-0.25, -0.2) is 22.0 Å². The molecule has 2 aromatic rings. The molecule has 0 atom stereocenters. The van der Waals surface area contributed by atoms with Crippen molar-refractivity contribution in [1.82, 2.24) is 9.62 Å². The van der Waals surface area contributed by atoms with Crippen LogP contribution in [0.4, 0.5) is 0 Å². The van der Waals surface area contributed by atoms with E-state index in [-0.39, 0.29) is 28.7 Å². The van der Waals surface area contributed by atoms with Gasteiger partial charge < -0.3 is 5.32 Å². The first-order valence-corrected chi connectivity index (χ1v) is 13.1. The monoisotopic (exact) mass is 465 g/mol. The van der Waals surface area contributed by atoms with E-state index in [9.17, 15) is 21.6 Å². The predicted octanol–water partition coefficient (Wildman–Crippen LogP) is 1.76. The normalized spacial score (nSPS) is 15.5. The van der Waals surface area contributed by atoms with Gasteiger partial charge in [-0.3, -0.25) is 4.79 Å². The highest BCUT2D eigenvalue weighted by atomic mass is 32.2. The van der Waals surface area contributed by atoms with Crippen molar-refractivity contribution in [2.75, 3.05) is 13.1 Å². The number of sulfonamides is 2. The molecule has 1 saturated heterocycles. The number of nitrogens with one attached hydrogen (secondary N) is 1. The largest absolute Gasteiger partial charge is 0.352 e. The average Bonchev–Trinajstić information content (AvgIpc) is 2.77. The molecule has 1 amide bonds. The number of rotatable bonds is 8. The van der Waals surface area contributed by atoms with Gasteiger partial charge in [0.15, 0.2) is 0 Å². The maximum Gasteiger partial charge on any atom is 0.243 e. The van der Waals surface area contributed by atoms with Crippen LogP contribution >= 0.6 is 0 Å². The third-order valence-electron chi connectivity index (χ3n) is 5.26. The van der Waals surface area contributed by atoms with Crippen molar-refractivity contribution >= 4 is 26.0 Å². The van der Waals surface area contributed by atoms with Crippen molar-refractivity contribution in [3.8, 4) is 0 Å². The van der Waals surface area contributed by atoms with E-state index in [2.05, 4.69) is 5.32 Å². The van der Waals surface area contributed by atoms with Crippen molar-refractivity contribution in [3.63, 3.8) is 0 Å². The fourth-order valence-electron chi connectivity index (χ4n) is 3.43. The van der Waals surface area contributed by atoms with Gasteiger partial charge in [0.1, 0.15) is 0 Å². The highest BCUT2D eigenvalue weighted by molar-refractivity contribution is 7.89. The van der Waals surface area contributed by atoms with Gasteiger partial charge in [0.2, 0.25) is 26.0 Å². The zero-order chi connectivity index (χ0) is 22.5. The molecule has 10 heteroatoms. The fraction of sp³-hybridized carbons (Fsp3) is 0.381. The van der Waals surface area contributed by atoms with Crippen LogP contribution in [-0.2, 0) is 37.8 Å². The second kappa shape index (κ2) is 9.90. The Morgan fingerprint density at radius 2 is 1.39 bits per heavy atom. The van der Waals surface area contributed by atoms with Gasteiger partial charge >= 0.3 is 0 Å². The minimum Gasteiger partial charge on any atom is -0.352 e. The maximum atomic E-state index is 12.7. The predicted molar refractivity (Wildman–Crippen MR) is 117 cm³/mol. The molecule has 3 N–H and O–H groups in total. The van der Waals surface area contributed by atoms with Crippen LogP contribution in [0.15, 0.2) is 58.3 Å². The Morgan fingerprint density at radius 3 is 1.97 bits per heavy atom. The number of aryl methyl sites for hydroxylation is 1. The minimum atomic E-state index is -3.74. The average molecular weight is 466 g/mol. The van der Waals surface area contributed by atoms with Crippen molar-refractivity contribution < 1.29 is 21.6 Å². The molecule has 1 aliphatic rings. The van der Waals surface area contributed by atoms with E-state index < -0.39 is 20.0 Å². The van der Waals surface area contributed by atoms with Crippen LogP contribution in [0.2, 0.25) is 0 Å². The number of piperidine rings is 1. The highest BCUT2D eigenvalue weighted by Crippen LogP contribution is 2.21. The van der Waals surface area contributed by atoms with E-state index in [4.69, 9.17) is 5.14 Å². The third kappa shape index (κ3) is 6.36. The van der Waals surface area contributed by atoms with Crippen molar-refractivity contribution in [2.24, 2.45) is 5.14 Å². The zero-order valence-corrected chi connectivity index (χ0v) is 18.8. The quantitative estimate of drug-likeness (QED) is 0.614. The Labute approximate surface area is 183 Å². The summed E-state index contributed by atoms with van der Waals surface area (Å²) in [6, 6.07) is 12.7. The molecule has 0 radical (unpaired) electrons. The molecule has 0 spiro atoms. The molecule has 0 unspecified atom stereocenters. The molecule has 0 bridgehead atoms. The fourth-order valence-corrected chi connectivity index (χ4v) is 5.46. The SMILES string of the molecule is NS(=O)(=O)c1ccc(CNC(=O)CCc2ccc(S(=O)(=O)N3CCCCC3)cc2)cc1. The van der Waals surface area contributed by atoms with Crippen LogP contribution < -0.4 is 10.5 Å². The highest BCUT2D eigenvalue weighted by Gasteiger charge is 2.25. The van der Waals surface area contributed by atoms with Crippen molar-refractivity contribution in [3.05, 3.63) is 59.7 Å². The number of nitrogens with two attached hydrogens (primary N) is 1. The van der Waals surface area contributed by atoms with Gasteiger partial charge in [-0.05, 0) is 54.7 Å². The van der Waals surface area contributed by atoms with Crippen molar-refractivity contribution in [2.45, 2.75) is 48.4 Å². The number of primary sulfonamides is 1. The third-order valence-corrected chi connectivity index (χ3v) is 8.10. The van der Waals surface area contributed by atoms with Crippen LogP contribution in [0.1, 0.15) is 36.8 Å². The summed E-state index contributed by atoms with van der Waals surface area (Å²) in [7, 11) is -7.19. The van der Waals surface area contributed by atoms with Crippen LogP contribution in [0, 0.1) is 0 Å². The van der Waals surface area contributed by atoms with Gasteiger partial charge in [-0.2, -0.15) is 4.31 Å². The number of amides is 1. The Balaban J connectivity index is 1.49. The summed E-state index contributed by atoms with van der Waals surface area (Å²) in [5.41, 5.74) is 1.64. The molecule has 0 aliphatic carbocycles. The summed E-state index contributed by atoms with van der Waals surface area (Å²) < 4.78 is 49.4. The smallest absolute Gasteiger partial charge is 0.243 e. The van der Waals surface area contributed by atoms with E-state index in [1.54, 1.807) is 36.4 Å². The molecule has 0 aromatic heterocycles. The number of carbonyl (C=O) groups excluding carboxylic acids is 1. The lowest BCUT2D eigenvalue weighted by molar-refractivity contribution is -0.121. The lowest BCUT2D eigenvalue weighted by atomic mass is 10.1. The first-order chi connectivity index (χ1) is 14.7. The molecule has 8 nitrogen and oxygen atoms in total. The zero-order valence-electron chi connectivity index (χ0n) is 17.2. The molecule has 1 fully saturated rings. The molecule has 2 aromatic carbocycles. The Kier molecular flexibility index (Phi) is 7.47. The summed E-state index contributed by atoms with van der Waals surface area (Å²) in [5, 5.41) is 7.85. The second-order valence-electron chi connectivity index (χ2n) is 7.57. The van der Waals surface area contributed by atoms with E-state index in [0.717, 1.165) is 30.4 Å². The minimum absolute atomic E-state index is 0.0216. The topological polar surface area (TPSA) is 127 Å². The summed E-state index contributed by atoms with van der Waals surface area (Å²) in [5.74, 6) is -0.152. The molecule has 168 valence electrons.